The van der Waals surface area contributed by atoms with Crippen LogP contribution >= 0.6 is 11.3 Å². The molecule has 0 unspecified atom stereocenters. The minimum Gasteiger partial charge on any atom is -0.454 e. The van der Waals surface area contributed by atoms with E-state index in [0.717, 1.165) is 39.4 Å². The molecule has 0 atom stereocenters. The number of benzene rings is 6. The molecule has 2 nitrogen and oxygen atoms in total. The third-order valence-corrected chi connectivity index (χ3v) is 9.66. The zero-order chi connectivity index (χ0) is 30.3. The summed E-state index contributed by atoms with van der Waals surface area (Å²) >= 11 is 1.85. The van der Waals surface area contributed by atoms with Crippen LogP contribution < -0.4 is 4.90 Å². The minimum atomic E-state index is 0.720. The van der Waals surface area contributed by atoms with Crippen molar-refractivity contribution < 1.29 is 4.42 Å². The molecule has 0 N–H and O–H groups in total. The molecule has 0 aliphatic carbocycles. The van der Waals surface area contributed by atoms with Crippen molar-refractivity contribution in [2.24, 2.45) is 0 Å². The Morgan fingerprint density at radius 3 is 1.96 bits per heavy atom. The van der Waals surface area contributed by atoms with E-state index in [4.69, 9.17) is 4.42 Å². The Kier molecular flexibility index (Phi) is 6.66. The molecule has 0 saturated heterocycles. The molecule has 3 heteroatoms. The van der Waals surface area contributed by atoms with Crippen LogP contribution in [-0.2, 0) is 0 Å². The van der Waals surface area contributed by atoms with E-state index in [0.29, 0.717) is 0 Å². The number of rotatable bonds is 7. The number of hydrogen-bond donors (Lipinski definition) is 0. The van der Waals surface area contributed by atoms with Gasteiger partial charge >= 0.3 is 0 Å². The van der Waals surface area contributed by atoms with Gasteiger partial charge in [-0.25, -0.2) is 0 Å². The highest BCUT2D eigenvalue weighted by Gasteiger charge is 2.24. The van der Waals surface area contributed by atoms with E-state index in [2.05, 4.69) is 152 Å². The molecule has 0 fully saturated rings. The zero-order valence-electron chi connectivity index (χ0n) is 24.6. The van der Waals surface area contributed by atoms with Crippen molar-refractivity contribution >= 4 is 71.7 Å². The molecule has 45 heavy (non-hydrogen) atoms. The number of hydrogen-bond acceptors (Lipinski definition) is 3. The predicted octanol–water partition coefficient (Wildman–Crippen LogP) is 12.9. The second kappa shape index (κ2) is 11.1. The molecule has 0 spiro atoms. The monoisotopic (exact) mass is 595 g/mol. The van der Waals surface area contributed by atoms with Crippen LogP contribution in [0.4, 0.5) is 17.1 Å². The van der Waals surface area contributed by atoms with Gasteiger partial charge in [0, 0.05) is 36.8 Å². The van der Waals surface area contributed by atoms with Gasteiger partial charge in [-0.1, -0.05) is 128 Å². The smallest absolute Gasteiger partial charge is 0.159 e. The molecule has 0 saturated carbocycles. The van der Waals surface area contributed by atoms with E-state index < -0.39 is 0 Å². The first-order valence-electron chi connectivity index (χ1n) is 15.0. The summed E-state index contributed by atoms with van der Waals surface area (Å²) in [6.45, 7) is 8.09. The molecular formula is C42H29NOS. The first-order chi connectivity index (χ1) is 22.2. The topological polar surface area (TPSA) is 16.4 Å². The predicted molar refractivity (Wildman–Crippen MR) is 195 cm³/mol. The molecule has 2 aromatic heterocycles. The quantitative estimate of drug-likeness (QED) is 0.182. The van der Waals surface area contributed by atoms with Gasteiger partial charge in [-0.15, -0.1) is 11.3 Å². The van der Waals surface area contributed by atoms with Crippen molar-refractivity contribution in [3.8, 4) is 22.3 Å². The Labute approximate surface area is 266 Å². The molecule has 0 amide bonds. The average Bonchev–Trinajstić information content (AvgIpc) is 3.68. The van der Waals surface area contributed by atoms with Gasteiger partial charge in [0.15, 0.2) is 5.58 Å². The summed E-state index contributed by atoms with van der Waals surface area (Å²) in [5, 5.41) is 3.47. The third-order valence-electron chi connectivity index (χ3n) is 8.45. The van der Waals surface area contributed by atoms with Gasteiger partial charge in [0.2, 0.25) is 0 Å². The second-order valence-electron chi connectivity index (χ2n) is 11.0. The Balaban J connectivity index is 1.44. The number of furan rings is 1. The zero-order valence-corrected chi connectivity index (χ0v) is 25.4. The van der Waals surface area contributed by atoms with Gasteiger partial charge in [-0.05, 0) is 58.7 Å². The van der Waals surface area contributed by atoms with Crippen molar-refractivity contribution in [2.75, 3.05) is 4.90 Å². The van der Waals surface area contributed by atoms with E-state index in [1.165, 1.54) is 42.4 Å². The number of fused-ring (bicyclic) bond motifs is 4. The first-order valence-corrected chi connectivity index (χ1v) is 15.8. The second-order valence-corrected chi connectivity index (χ2v) is 12.0. The van der Waals surface area contributed by atoms with Gasteiger partial charge in [-0.2, -0.15) is 0 Å². The summed E-state index contributed by atoms with van der Waals surface area (Å²) < 4.78 is 9.05. The van der Waals surface area contributed by atoms with Crippen molar-refractivity contribution in [1.29, 1.82) is 0 Å². The highest BCUT2D eigenvalue weighted by molar-refractivity contribution is 7.26. The van der Waals surface area contributed by atoms with Crippen molar-refractivity contribution in [3.63, 3.8) is 0 Å². The fourth-order valence-corrected chi connectivity index (χ4v) is 7.62. The lowest BCUT2D eigenvalue weighted by Crippen LogP contribution is -2.10. The molecule has 6 aromatic carbocycles. The van der Waals surface area contributed by atoms with Crippen molar-refractivity contribution in [2.45, 2.75) is 0 Å². The van der Waals surface area contributed by atoms with Crippen LogP contribution in [0.1, 0.15) is 11.3 Å². The summed E-state index contributed by atoms with van der Waals surface area (Å²) in [6, 6.07) is 49.5. The van der Waals surface area contributed by atoms with Crippen LogP contribution in [0.2, 0.25) is 0 Å². The lowest BCUT2D eigenvalue weighted by molar-refractivity contribution is 0.604. The molecule has 0 aliphatic rings. The molecular weight excluding hydrogens is 567 g/mol. The van der Waals surface area contributed by atoms with Crippen LogP contribution in [0, 0.1) is 0 Å². The van der Waals surface area contributed by atoms with Gasteiger partial charge < -0.3 is 9.32 Å². The van der Waals surface area contributed by atoms with E-state index >= 15 is 0 Å². The summed E-state index contributed by atoms with van der Waals surface area (Å²) in [6.07, 6.45) is 3.61. The fraction of sp³-hybridized carbons (Fsp3) is 0. The van der Waals surface area contributed by atoms with Crippen LogP contribution in [0.25, 0.3) is 65.5 Å². The van der Waals surface area contributed by atoms with Gasteiger partial charge in [0.25, 0.3) is 0 Å². The maximum atomic E-state index is 6.53. The fourth-order valence-electron chi connectivity index (χ4n) is 6.36. The largest absolute Gasteiger partial charge is 0.454 e. The number of para-hydroxylation sites is 1. The van der Waals surface area contributed by atoms with E-state index in [1.807, 2.05) is 23.5 Å². The van der Waals surface area contributed by atoms with Crippen LogP contribution in [0.15, 0.2) is 157 Å². The SMILES string of the molecule is C=Cc1oc2c(N(c3ccc(-c4ccccc4)cc3)c3ccc(-c4ccccc4)c4sc5ccccc5c34)cccc2c1C=C. The maximum absolute atomic E-state index is 6.53. The molecule has 8 aromatic rings. The normalized spacial score (nSPS) is 11.3. The van der Waals surface area contributed by atoms with Crippen LogP contribution in [0.5, 0.6) is 0 Å². The highest BCUT2D eigenvalue weighted by atomic mass is 32.1. The lowest BCUT2D eigenvalue weighted by Gasteiger charge is -2.27. The van der Waals surface area contributed by atoms with Gasteiger partial charge in [-0.3, -0.25) is 0 Å². The van der Waals surface area contributed by atoms with Crippen LogP contribution in [-0.4, -0.2) is 0 Å². The molecule has 0 aliphatic heterocycles. The molecule has 214 valence electrons. The van der Waals surface area contributed by atoms with Gasteiger partial charge in [0.05, 0.1) is 11.4 Å². The number of anilines is 3. The number of nitrogens with zero attached hydrogens (tertiary/aromatic N) is 1. The molecule has 0 bridgehead atoms. The van der Waals surface area contributed by atoms with Crippen LogP contribution in [0.3, 0.4) is 0 Å². The van der Waals surface area contributed by atoms with Crippen molar-refractivity contribution in [3.05, 3.63) is 164 Å². The Morgan fingerprint density at radius 1 is 0.556 bits per heavy atom. The summed E-state index contributed by atoms with van der Waals surface area (Å²) in [4.78, 5) is 2.34. The van der Waals surface area contributed by atoms with Gasteiger partial charge in [0.1, 0.15) is 5.76 Å². The third kappa shape index (κ3) is 4.48. The van der Waals surface area contributed by atoms with Crippen molar-refractivity contribution in [1.82, 2.24) is 0 Å². The minimum absolute atomic E-state index is 0.720. The van der Waals surface area contributed by atoms with E-state index in [9.17, 15) is 0 Å². The average molecular weight is 596 g/mol. The Hall–Kier alpha value is -5.64. The lowest BCUT2D eigenvalue weighted by atomic mass is 9.99. The first kappa shape index (κ1) is 26.9. The summed E-state index contributed by atoms with van der Waals surface area (Å²) in [5.41, 5.74) is 9.65. The standard InChI is InChI=1S/C42H29NOS/c1-3-32-34-19-13-20-37(41(34)44-38(32)4-2)43(31-24-22-29(23-25-31)28-14-7-5-8-15-28)36-27-26-33(30-16-9-6-10-17-30)42-40(36)35-18-11-12-21-39(35)45-42/h3-27H,1-2H2. The molecule has 0 radical (unpaired) electrons. The highest BCUT2D eigenvalue weighted by Crippen LogP contribution is 2.50. The number of thiophene rings is 1. The van der Waals surface area contributed by atoms with E-state index in [-0.39, 0.29) is 0 Å². The Bertz CT molecular complexity index is 2340. The maximum Gasteiger partial charge on any atom is 0.159 e. The summed E-state index contributed by atoms with van der Waals surface area (Å²) in [5.74, 6) is 0.720. The van der Waals surface area contributed by atoms with E-state index in [1.54, 1.807) is 6.08 Å². The Morgan fingerprint density at radius 2 is 1.22 bits per heavy atom. The molecule has 8 rings (SSSR count). The summed E-state index contributed by atoms with van der Waals surface area (Å²) in [7, 11) is 0. The molecule has 2 heterocycles.